The largest absolute Gasteiger partial charge is 0.375 e. The molecule has 4 atom stereocenters. The number of nitrogens with one attached hydrogen (secondary N) is 2. The summed E-state index contributed by atoms with van der Waals surface area (Å²) < 4.78 is 5.56. The molecule has 1 aliphatic heterocycles. The van der Waals surface area contributed by atoms with Gasteiger partial charge >= 0.3 is 0 Å². The molecular weight excluding hydrogens is 264 g/mol. The lowest BCUT2D eigenvalue weighted by molar-refractivity contribution is -0.129. The molecule has 2 unspecified atom stereocenters. The number of hydrogen-bond donors (Lipinski definition) is 2. The van der Waals surface area contributed by atoms with Crippen LogP contribution in [0.3, 0.4) is 0 Å². The van der Waals surface area contributed by atoms with Gasteiger partial charge in [0.25, 0.3) is 0 Å². The Hall–Kier alpha value is -1.39. The van der Waals surface area contributed by atoms with E-state index in [-0.39, 0.29) is 24.1 Å². The third kappa shape index (κ3) is 3.27. The number of benzene rings is 1. The van der Waals surface area contributed by atoms with E-state index >= 15 is 0 Å². The van der Waals surface area contributed by atoms with E-state index in [9.17, 15) is 4.79 Å². The molecule has 2 N–H and O–H groups in total. The smallest absolute Gasteiger partial charge is 0.240 e. The van der Waals surface area contributed by atoms with Crippen LogP contribution in [-0.2, 0) is 9.53 Å². The fourth-order valence-corrected chi connectivity index (χ4v) is 3.53. The highest BCUT2D eigenvalue weighted by Crippen LogP contribution is 2.34. The number of rotatable bonds is 3. The van der Waals surface area contributed by atoms with Crippen LogP contribution in [0.1, 0.15) is 37.7 Å². The summed E-state index contributed by atoms with van der Waals surface area (Å²) in [5.74, 6) is 0.519. The van der Waals surface area contributed by atoms with Gasteiger partial charge in [-0.05, 0) is 25.3 Å². The fraction of sp³-hybridized carbons (Fsp3) is 0.588. The van der Waals surface area contributed by atoms with Crippen molar-refractivity contribution in [1.82, 2.24) is 10.6 Å². The van der Waals surface area contributed by atoms with Crippen molar-refractivity contribution in [3.63, 3.8) is 0 Å². The Kier molecular flexibility index (Phi) is 4.56. The van der Waals surface area contributed by atoms with Crippen molar-refractivity contribution < 1.29 is 9.53 Å². The summed E-state index contributed by atoms with van der Waals surface area (Å²) >= 11 is 0. The monoisotopic (exact) mass is 288 g/mol. The molecule has 2 fully saturated rings. The molecule has 3 rings (SSSR count). The Morgan fingerprint density at radius 3 is 2.86 bits per heavy atom. The second-order valence-corrected chi connectivity index (χ2v) is 6.07. The number of carbonyl (C=O) groups is 1. The van der Waals surface area contributed by atoms with Crippen molar-refractivity contribution in [2.75, 3.05) is 13.2 Å². The van der Waals surface area contributed by atoms with Gasteiger partial charge in [0.1, 0.15) is 6.04 Å². The summed E-state index contributed by atoms with van der Waals surface area (Å²) in [6.07, 6.45) is 3.33. The van der Waals surface area contributed by atoms with E-state index < -0.39 is 0 Å². The number of carbonyl (C=O) groups excluding carboxylic acids is 1. The number of amides is 1. The third-order valence-electron chi connectivity index (χ3n) is 4.67. The maximum absolute atomic E-state index is 12.5. The first-order valence-electron chi connectivity index (χ1n) is 7.96. The second-order valence-electron chi connectivity index (χ2n) is 6.07. The van der Waals surface area contributed by atoms with Gasteiger partial charge < -0.3 is 15.4 Å². The molecule has 4 heteroatoms. The van der Waals surface area contributed by atoms with Crippen LogP contribution in [0, 0.1) is 0 Å². The van der Waals surface area contributed by atoms with Gasteiger partial charge in [0, 0.05) is 18.5 Å². The van der Waals surface area contributed by atoms with Crippen molar-refractivity contribution in [3.8, 4) is 0 Å². The van der Waals surface area contributed by atoms with Crippen LogP contribution in [0.25, 0.3) is 0 Å². The molecular formula is C17H24N2O2. The van der Waals surface area contributed by atoms with Crippen LogP contribution in [0.15, 0.2) is 30.3 Å². The Morgan fingerprint density at radius 1 is 1.29 bits per heavy atom. The molecule has 1 saturated heterocycles. The van der Waals surface area contributed by atoms with E-state index in [4.69, 9.17) is 4.74 Å². The van der Waals surface area contributed by atoms with Crippen LogP contribution in [0.5, 0.6) is 0 Å². The predicted molar refractivity (Wildman–Crippen MR) is 82.2 cm³/mol. The Bertz CT molecular complexity index is 477. The van der Waals surface area contributed by atoms with E-state index in [2.05, 4.69) is 34.9 Å². The van der Waals surface area contributed by atoms with Gasteiger partial charge in [0.05, 0.1) is 12.7 Å². The Morgan fingerprint density at radius 2 is 2.10 bits per heavy atom. The molecule has 2 aliphatic rings. The number of morpholine rings is 1. The summed E-state index contributed by atoms with van der Waals surface area (Å²) in [7, 11) is 0. The van der Waals surface area contributed by atoms with Crippen LogP contribution >= 0.6 is 0 Å². The molecule has 0 aromatic heterocycles. The molecule has 0 spiro atoms. The zero-order chi connectivity index (χ0) is 14.7. The minimum absolute atomic E-state index is 0.0599. The first kappa shape index (κ1) is 14.5. The third-order valence-corrected chi connectivity index (χ3v) is 4.67. The highest BCUT2D eigenvalue weighted by molar-refractivity contribution is 5.83. The molecule has 1 amide bonds. The number of ether oxygens (including phenoxy) is 1. The quantitative estimate of drug-likeness (QED) is 0.892. The highest BCUT2D eigenvalue weighted by atomic mass is 16.5. The van der Waals surface area contributed by atoms with Gasteiger partial charge in [-0.1, -0.05) is 36.8 Å². The predicted octanol–water partition coefficient (Wildman–Crippen LogP) is 1.82. The van der Waals surface area contributed by atoms with Crippen molar-refractivity contribution in [2.45, 2.75) is 50.3 Å². The fourth-order valence-electron chi connectivity index (χ4n) is 3.53. The lowest BCUT2D eigenvalue weighted by Gasteiger charge is -2.31. The van der Waals surface area contributed by atoms with Crippen LogP contribution < -0.4 is 10.6 Å². The summed E-state index contributed by atoms with van der Waals surface area (Å²) in [4.78, 5) is 12.5. The van der Waals surface area contributed by atoms with Crippen LogP contribution in [-0.4, -0.2) is 37.2 Å². The molecule has 1 heterocycles. The maximum Gasteiger partial charge on any atom is 0.240 e. The first-order valence-corrected chi connectivity index (χ1v) is 7.96. The van der Waals surface area contributed by atoms with Crippen molar-refractivity contribution in [1.29, 1.82) is 0 Å². The topological polar surface area (TPSA) is 50.4 Å². The van der Waals surface area contributed by atoms with Crippen molar-refractivity contribution >= 4 is 5.91 Å². The summed E-state index contributed by atoms with van der Waals surface area (Å²) in [5, 5.41) is 6.51. The molecule has 1 aliphatic carbocycles. The molecule has 4 nitrogen and oxygen atoms in total. The SMILES string of the molecule is C[C@H]1OCCN[C@@H]1C(=O)NC1CCCC1c1ccccc1. The normalized spacial score (nSPS) is 32.8. The molecule has 1 aromatic carbocycles. The lowest BCUT2D eigenvalue weighted by atomic mass is 9.94. The van der Waals surface area contributed by atoms with E-state index in [0.29, 0.717) is 12.5 Å². The van der Waals surface area contributed by atoms with Gasteiger partial charge in [-0.2, -0.15) is 0 Å². The van der Waals surface area contributed by atoms with E-state index in [1.807, 2.05) is 13.0 Å². The zero-order valence-electron chi connectivity index (χ0n) is 12.5. The molecule has 114 valence electrons. The van der Waals surface area contributed by atoms with E-state index in [1.165, 1.54) is 12.0 Å². The lowest BCUT2D eigenvalue weighted by Crippen LogP contribution is -2.57. The van der Waals surface area contributed by atoms with Gasteiger partial charge in [-0.3, -0.25) is 4.79 Å². The van der Waals surface area contributed by atoms with Crippen LogP contribution in [0.2, 0.25) is 0 Å². The summed E-state index contributed by atoms with van der Waals surface area (Å²) in [6.45, 7) is 3.38. The average molecular weight is 288 g/mol. The average Bonchev–Trinajstić information content (AvgIpc) is 2.96. The number of hydrogen-bond acceptors (Lipinski definition) is 3. The maximum atomic E-state index is 12.5. The highest BCUT2D eigenvalue weighted by Gasteiger charge is 2.34. The Labute approximate surface area is 126 Å². The van der Waals surface area contributed by atoms with Crippen LogP contribution in [0.4, 0.5) is 0 Å². The van der Waals surface area contributed by atoms with E-state index in [0.717, 1.165) is 19.4 Å². The molecule has 21 heavy (non-hydrogen) atoms. The van der Waals surface area contributed by atoms with Gasteiger partial charge in [-0.25, -0.2) is 0 Å². The second kappa shape index (κ2) is 6.58. The van der Waals surface area contributed by atoms with Crippen molar-refractivity contribution in [2.24, 2.45) is 0 Å². The molecule has 1 saturated carbocycles. The Balaban J connectivity index is 1.65. The van der Waals surface area contributed by atoms with Gasteiger partial charge in [0.2, 0.25) is 5.91 Å². The minimum atomic E-state index is -0.226. The van der Waals surface area contributed by atoms with Gasteiger partial charge in [-0.15, -0.1) is 0 Å². The van der Waals surface area contributed by atoms with Crippen molar-refractivity contribution in [3.05, 3.63) is 35.9 Å². The summed E-state index contributed by atoms with van der Waals surface area (Å²) in [6, 6.07) is 10.5. The standard InChI is InChI=1S/C17H24N2O2/c1-12-16(18-10-11-21-12)17(20)19-15-9-5-8-14(15)13-6-3-2-4-7-13/h2-4,6-7,12,14-16,18H,5,8-11H2,1H3,(H,19,20)/t12-,14?,15?,16+/m1/s1. The van der Waals surface area contributed by atoms with Gasteiger partial charge in [0.15, 0.2) is 0 Å². The summed E-state index contributed by atoms with van der Waals surface area (Å²) in [5.41, 5.74) is 1.33. The molecule has 0 bridgehead atoms. The molecule has 0 radical (unpaired) electrons. The molecule has 1 aromatic rings. The minimum Gasteiger partial charge on any atom is -0.375 e. The zero-order valence-corrected chi connectivity index (χ0v) is 12.5. The van der Waals surface area contributed by atoms with E-state index in [1.54, 1.807) is 0 Å². The first-order chi connectivity index (χ1) is 10.3.